The molecule has 0 atom stereocenters. The number of nitrogens with zero attached hydrogens (tertiary/aromatic N) is 1. The van der Waals surface area contributed by atoms with E-state index in [0.29, 0.717) is 6.54 Å². The van der Waals surface area contributed by atoms with Crippen LogP contribution in [0.2, 0.25) is 0 Å². The third kappa shape index (κ3) is 4.91. The van der Waals surface area contributed by atoms with E-state index < -0.39 is 0 Å². The van der Waals surface area contributed by atoms with Crippen molar-refractivity contribution in [3.63, 3.8) is 0 Å². The van der Waals surface area contributed by atoms with E-state index in [1.54, 1.807) is 0 Å². The highest BCUT2D eigenvalue weighted by atomic mass is 16.2. The molecule has 106 valence electrons. The van der Waals surface area contributed by atoms with E-state index in [2.05, 4.69) is 34.6 Å². The Morgan fingerprint density at radius 2 is 2.00 bits per heavy atom. The molecule has 0 aliphatic rings. The van der Waals surface area contributed by atoms with Crippen LogP contribution in [-0.4, -0.2) is 32.1 Å². The Morgan fingerprint density at radius 1 is 1.32 bits per heavy atom. The van der Waals surface area contributed by atoms with Crippen LogP contribution in [0.25, 0.3) is 0 Å². The van der Waals surface area contributed by atoms with E-state index in [1.165, 1.54) is 5.56 Å². The SMILES string of the molecule is CCN(CC(=O)NC(C)C)c1ccccc1CNC. The first-order valence-electron chi connectivity index (χ1n) is 6.85. The van der Waals surface area contributed by atoms with E-state index in [1.807, 2.05) is 33.0 Å². The fraction of sp³-hybridized carbons (Fsp3) is 0.533. The summed E-state index contributed by atoms with van der Waals surface area (Å²) in [6.07, 6.45) is 0. The molecular formula is C15H25N3O. The quantitative estimate of drug-likeness (QED) is 0.788. The molecule has 1 rings (SSSR count). The summed E-state index contributed by atoms with van der Waals surface area (Å²) in [6, 6.07) is 8.38. The highest BCUT2D eigenvalue weighted by Gasteiger charge is 2.13. The summed E-state index contributed by atoms with van der Waals surface area (Å²) in [5.74, 6) is 0.0658. The van der Waals surface area contributed by atoms with E-state index >= 15 is 0 Å². The van der Waals surface area contributed by atoms with E-state index in [0.717, 1.165) is 18.8 Å². The predicted molar refractivity (Wildman–Crippen MR) is 80.4 cm³/mol. The number of nitrogens with one attached hydrogen (secondary N) is 2. The first-order valence-corrected chi connectivity index (χ1v) is 6.85. The fourth-order valence-corrected chi connectivity index (χ4v) is 2.07. The summed E-state index contributed by atoms with van der Waals surface area (Å²) in [5, 5.41) is 6.09. The highest BCUT2D eigenvalue weighted by molar-refractivity contribution is 5.81. The average Bonchev–Trinajstić information content (AvgIpc) is 2.36. The molecular weight excluding hydrogens is 238 g/mol. The van der Waals surface area contributed by atoms with Crippen LogP contribution in [0.5, 0.6) is 0 Å². The van der Waals surface area contributed by atoms with Crippen LogP contribution >= 0.6 is 0 Å². The van der Waals surface area contributed by atoms with E-state index in [9.17, 15) is 4.79 Å². The standard InChI is InChI=1S/C15H25N3O/c1-5-18(11-15(19)17-12(2)3)14-9-7-6-8-13(14)10-16-4/h6-9,12,16H,5,10-11H2,1-4H3,(H,17,19). The maximum atomic E-state index is 11.9. The Morgan fingerprint density at radius 3 is 2.58 bits per heavy atom. The molecule has 1 aromatic rings. The Bertz CT molecular complexity index is 404. The lowest BCUT2D eigenvalue weighted by molar-refractivity contribution is -0.120. The van der Waals surface area contributed by atoms with Crippen LogP contribution < -0.4 is 15.5 Å². The van der Waals surface area contributed by atoms with Gasteiger partial charge in [0.25, 0.3) is 0 Å². The van der Waals surface area contributed by atoms with Gasteiger partial charge in [-0.3, -0.25) is 4.79 Å². The van der Waals surface area contributed by atoms with Crippen molar-refractivity contribution >= 4 is 11.6 Å². The number of carbonyl (C=O) groups excluding carboxylic acids is 1. The van der Waals surface area contributed by atoms with Crippen molar-refractivity contribution in [1.29, 1.82) is 0 Å². The van der Waals surface area contributed by atoms with Crippen molar-refractivity contribution in [2.24, 2.45) is 0 Å². The van der Waals surface area contributed by atoms with Gasteiger partial charge < -0.3 is 15.5 Å². The second-order valence-corrected chi connectivity index (χ2v) is 4.90. The minimum atomic E-state index is 0.0658. The van der Waals surface area contributed by atoms with Gasteiger partial charge in [0.05, 0.1) is 6.54 Å². The monoisotopic (exact) mass is 263 g/mol. The molecule has 4 nitrogen and oxygen atoms in total. The van der Waals surface area contributed by atoms with E-state index in [-0.39, 0.29) is 11.9 Å². The van der Waals surface area contributed by atoms with Gasteiger partial charge >= 0.3 is 0 Å². The molecule has 1 amide bonds. The lowest BCUT2D eigenvalue weighted by Crippen LogP contribution is -2.40. The number of hydrogen-bond acceptors (Lipinski definition) is 3. The number of benzene rings is 1. The van der Waals surface area contributed by atoms with Crippen LogP contribution in [0.15, 0.2) is 24.3 Å². The van der Waals surface area contributed by atoms with Gasteiger partial charge in [0.15, 0.2) is 0 Å². The molecule has 0 aliphatic carbocycles. The molecule has 0 fully saturated rings. The number of rotatable bonds is 7. The van der Waals surface area contributed by atoms with Crippen molar-refractivity contribution in [1.82, 2.24) is 10.6 Å². The summed E-state index contributed by atoms with van der Waals surface area (Å²) < 4.78 is 0. The zero-order valence-electron chi connectivity index (χ0n) is 12.4. The molecule has 0 spiro atoms. The number of carbonyl (C=O) groups is 1. The molecule has 0 bridgehead atoms. The number of para-hydroxylation sites is 1. The van der Waals surface area contributed by atoms with Crippen molar-refractivity contribution in [2.45, 2.75) is 33.4 Å². The molecule has 0 heterocycles. The van der Waals surface area contributed by atoms with Crippen LogP contribution in [-0.2, 0) is 11.3 Å². The van der Waals surface area contributed by atoms with Crippen molar-refractivity contribution < 1.29 is 4.79 Å². The molecule has 0 aromatic heterocycles. The van der Waals surface area contributed by atoms with Gasteiger partial charge in [-0.05, 0) is 39.4 Å². The molecule has 1 aromatic carbocycles. The molecule has 0 saturated carbocycles. The van der Waals surface area contributed by atoms with Gasteiger partial charge in [0.1, 0.15) is 0 Å². The van der Waals surface area contributed by atoms with Gasteiger partial charge in [-0.1, -0.05) is 18.2 Å². The topological polar surface area (TPSA) is 44.4 Å². The molecule has 2 N–H and O–H groups in total. The van der Waals surface area contributed by atoms with Crippen molar-refractivity contribution in [2.75, 3.05) is 25.0 Å². The molecule has 0 saturated heterocycles. The maximum Gasteiger partial charge on any atom is 0.239 e. The van der Waals surface area contributed by atoms with Gasteiger partial charge in [-0.15, -0.1) is 0 Å². The summed E-state index contributed by atoms with van der Waals surface area (Å²) >= 11 is 0. The second-order valence-electron chi connectivity index (χ2n) is 4.90. The number of likely N-dealkylation sites (N-methyl/N-ethyl adjacent to an activating group) is 1. The fourth-order valence-electron chi connectivity index (χ4n) is 2.07. The Hall–Kier alpha value is -1.55. The minimum absolute atomic E-state index is 0.0658. The zero-order chi connectivity index (χ0) is 14.3. The maximum absolute atomic E-state index is 11.9. The van der Waals surface area contributed by atoms with Crippen molar-refractivity contribution in [3.05, 3.63) is 29.8 Å². The predicted octanol–water partition coefficient (Wildman–Crippen LogP) is 1.76. The third-order valence-electron chi connectivity index (χ3n) is 2.87. The average molecular weight is 263 g/mol. The van der Waals surface area contributed by atoms with Gasteiger partial charge in [-0.25, -0.2) is 0 Å². The second kappa shape index (κ2) is 7.79. The normalized spacial score (nSPS) is 10.6. The summed E-state index contributed by atoms with van der Waals surface area (Å²) in [7, 11) is 1.93. The molecule has 19 heavy (non-hydrogen) atoms. The van der Waals surface area contributed by atoms with Crippen LogP contribution in [0.4, 0.5) is 5.69 Å². The van der Waals surface area contributed by atoms with Gasteiger partial charge in [-0.2, -0.15) is 0 Å². The molecule has 0 radical (unpaired) electrons. The van der Waals surface area contributed by atoms with Crippen LogP contribution in [0, 0.1) is 0 Å². The number of anilines is 1. The summed E-state index contributed by atoms with van der Waals surface area (Å²) in [4.78, 5) is 14.0. The first-order chi connectivity index (χ1) is 9.08. The first kappa shape index (κ1) is 15.5. The van der Waals surface area contributed by atoms with Gasteiger partial charge in [0.2, 0.25) is 5.91 Å². The van der Waals surface area contributed by atoms with Crippen LogP contribution in [0.3, 0.4) is 0 Å². The Kier molecular flexibility index (Phi) is 6.36. The molecule has 0 aliphatic heterocycles. The smallest absolute Gasteiger partial charge is 0.239 e. The third-order valence-corrected chi connectivity index (χ3v) is 2.87. The minimum Gasteiger partial charge on any atom is -0.362 e. The number of hydrogen-bond donors (Lipinski definition) is 2. The lowest BCUT2D eigenvalue weighted by atomic mass is 10.1. The Labute approximate surface area is 116 Å². The summed E-state index contributed by atoms with van der Waals surface area (Å²) in [5.41, 5.74) is 2.34. The largest absolute Gasteiger partial charge is 0.362 e. The molecule has 4 heteroatoms. The van der Waals surface area contributed by atoms with Crippen molar-refractivity contribution in [3.8, 4) is 0 Å². The van der Waals surface area contributed by atoms with E-state index in [4.69, 9.17) is 0 Å². The molecule has 0 unspecified atom stereocenters. The van der Waals surface area contributed by atoms with Gasteiger partial charge in [0, 0.05) is 24.8 Å². The lowest BCUT2D eigenvalue weighted by Gasteiger charge is -2.25. The summed E-state index contributed by atoms with van der Waals surface area (Å²) in [6.45, 7) is 8.03. The zero-order valence-corrected chi connectivity index (χ0v) is 12.4. The Balaban J connectivity index is 2.82. The highest BCUT2D eigenvalue weighted by Crippen LogP contribution is 2.19. The number of amides is 1. The van der Waals surface area contributed by atoms with Crippen LogP contribution in [0.1, 0.15) is 26.3 Å².